The van der Waals surface area contributed by atoms with Crippen molar-refractivity contribution in [3.63, 3.8) is 0 Å². The molecule has 0 aromatic carbocycles. The molecule has 0 spiro atoms. The van der Waals surface area contributed by atoms with Gasteiger partial charge in [0.05, 0.1) is 6.04 Å². The fraction of sp³-hybridized carbons (Fsp3) is 0.750. The Hall–Kier alpha value is 0.0700. The van der Waals surface area contributed by atoms with Gasteiger partial charge in [-0.05, 0) is 0 Å². The van der Waals surface area contributed by atoms with Gasteiger partial charge in [-0.25, -0.2) is 0 Å². The van der Waals surface area contributed by atoms with Gasteiger partial charge in [-0.3, -0.25) is 10.1 Å². The summed E-state index contributed by atoms with van der Waals surface area (Å²) < 4.78 is 0. The Morgan fingerprint density at radius 2 is 2.56 bits per heavy atom. The fourth-order valence-electron chi connectivity index (χ4n) is 0.599. The molecule has 0 aromatic rings. The number of amides is 1. The zero-order valence-electron chi connectivity index (χ0n) is 4.63. The van der Waals surface area contributed by atoms with Gasteiger partial charge in [0.1, 0.15) is 4.83 Å². The van der Waals surface area contributed by atoms with E-state index in [0.29, 0.717) is 5.75 Å². The number of nitrogens with one attached hydrogen (secondary N) is 1. The number of thioether (sulfide) groups is 1. The second kappa shape index (κ2) is 2.77. The first-order chi connectivity index (χ1) is 4.20. The van der Waals surface area contributed by atoms with E-state index in [1.165, 1.54) is 11.8 Å². The van der Waals surface area contributed by atoms with Gasteiger partial charge < -0.3 is 5.73 Å². The lowest BCUT2D eigenvalue weighted by Gasteiger charge is -2.02. The van der Waals surface area contributed by atoms with Gasteiger partial charge in [0.25, 0.3) is 0 Å². The van der Waals surface area contributed by atoms with E-state index in [4.69, 9.17) is 17.3 Å². The average Bonchev–Trinajstić information content (AvgIpc) is 2.14. The molecule has 1 saturated heterocycles. The molecule has 1 heterocycles. The number of halogens is 1. The number of alkyl halides is 1. The molecule has 3 nitrogen and oxygen atoms in total. The van der Waals surface area contributed by atoms with Crippen LogP contribution in [0.25, 0.3) is 0 Å². The summed E-state index contributed by atoms with van der Waals surface area (Å²) in [5.41, 5.74) is 4.99. The lowest BCUT2D eigenvalue weighted by atomic mass is 10.3. The van der Waals surface area contributed by atoms with E-state index in [9.17, 15) is 4.79 Å². The Bertz CT molecular complexity index is 132. The summed E-state index contributed by atoms with van der Waals surface area (Å²) in [5.74, 6) is 0.356. The lowest BCUT2D eigenvalue weighted by molar-refractivity contribution is -0.119. The van der Waals surface area contributed by atoms with Gasteiger partial charge in [-0.2, -0.15) is 0 Å². The molecule has 2 atom stereocenters. The largest absolute Gasteiger partial charge is 0.368 e. The van der Waals surface area contributed by atoms with Crippen LogP contribution in [0.2, 0.25) is 0 Å². The summed E-state index contributed by atoms with van der Waals surface area (Å²) in [4.78, 5) is 10.3. The molecule has 0 saturated carbocycles. The van der Waals surface area contributed by atoms with Crippen molar-refractivity contribution in [1.82, 2.24) is 5.32 Å². The van der Waals surface area contributed by atoms with Crippen molar-refractivity contribution in [3.05, 3.63) is 0 Å². The van der Waals surface area contributed by atoms with Crippen LogP contribution < -0.4 is 11.1 Å². The van der Waals surface area contributed by atoms with Crippen molar-refractivity contribution < 1.29 is 4.79 Å². The van der Waals surface area contributed by atoms with Crippen molar-refractivity contribution >= 4 is 29.3 Å². The summed E-state index contributed by atoms with van der Waals surface area (Å²) >= 11 is 7.08. The number of hydrogen-bond donors (Lipinski definition) is 2. The first-order valence-electron chi connectivity index (χ1n) is 2.51. The van der Waals surface area contributed by atoms with Crippen LogP contribution in [-0.4, -0.2) is 22.5 Å². The van der Waals surface area contributed by atoms with Crippen molar-refractivity contribution in [3.8, 4) is 0 Å². The highest BCUT2D eigenvalue weighted by Gasteiger charge is 2.25. The normalized spacial score (nSPS) is 34.8. The lowest BCUT2D eigenvalue weighted by Crippen LogP contribution is -2.39. The maximum atomic E-state index is 10.4. The summed E-state index contributed by atoms with van der Waals surface area (Å²) in [7, 11) is 0. The maximum absolute atomic E-state index is 10.4. The van der Waals surface area contributed by atoms with E-state index in [-0.39, 0.29) is 16.8 Å². The third-order valence-corrected chi connectivity index (χ3v) is 2.54. The highest BCUT2D eigenvalue weighted by molar-refractivity contribution is 8.01. The molecule has 1 rings (SSSR count). The number of carbonyl (C=O) groups is 1. The van der Waals surface area contributed by atoms with Gasteiger partial charge >= 0.3 is 0 Å². The number of hydrogen-bond acceptors (Lipinski definition) is 3. The van der Waals surface area contributed by atoms with E-state index in [2.05, 4.69) is 5.32 Å². The van der Waals surface area contributed by atoms with Crippen LogP contribution in [0.1, 0.15) is 0 Å². The maximum Gasteiger partial charge on any atom is 0.235 e. The minimum absolute atomic E-state index is 0.150. The highest BCUT2D eigenvalue weighted by Crippen LogP contribution is 2.20. The standard InChI is InChI=1S/C4H7ClN2OS/c5-4-7-2(1-9-4)3(6)8/h2,4,7H,1H2,(H2,6,8). The van der Waals surface area contributed by atoms with Crippen LogP contribution in [0.3, 0.4) is 0 Å². The van der Waals surface area contributed by atoms with Gasteiger partial charge in [0, 0.05) is 5.75 Å². The molecule has 1 aliphatic rings. The molecule has 9 heavy (non-hydrogen) atoms. The summed E-state index contributed by atoms with van der Waals surface area (Å²) in [6.45, 7) is 0. The Morgan fingerprint density at radius 3 is 2.78 bits per heavy atom. The smallest absolute Gasteiger partial charge is 0.235 e. The van der Waals surface area contributed by atoms with E-state index >= 15 is 0 Å². The van der Waals surface area contributed by atoms with Gasteiger partial charge in [0.15, 0.2) is 0 Å². The zero-order valence-corrected chi connectivity index (χ0v) is 6.21. The molecule has 1 aliphatic heterocycles. The molecule has 0 bridgehead atoms. The second-order valence-electron chi connectivity index (χ2n) is 1.77. The predicted molar refractivity (Wildman–Crippen MR) is 38.2 cm³/mol. The van der Waals surface area contributed by atoms with Crippen LogP contribution >= 0.6 is 23.4 Å². The van der Waals surface area contributed by atoms with Crippen molar-refractivity contribution in [1.29, 1.82) is 0 Å². The molecule has 0 aliphatic carbocycles. The molecule has 52 valence electrons. The Kier molecular flexibility index (Phi) is 2.21. The molecule has 5 heteroatoms. The van der Waals surface area contributed by atoms with E-state index in [0.717, 1.165) is 0 Å². The molecule has 1 fully saturated rings. The van der Waals surface area contributed by atoms with Crippen molar-refractivity contribution in [2.45, 2.75) is 10.9 Å². The molecule has 2 unspecified atom stereocenters. The number of rotatable bonds is 1. The van der Waals surface area contributed by atoms with Crippen molar-refractivity contribution in [2.75, 3.05) is 5.75 Å². The molecular weight excluding hydrogens is 160 g/mol. The highest BCUT2D eigenvalue weighted by atomic mass is 35.5. The summed E-state index contributed by atoms with van der Waals surface area (Å²) in [6.07, 6.45) is 0. The van der Waals surface area contributed by atoms with Crippen LogP contribution in [0.15, 0.2) is 0 Å². The van der Waals surface area contributed by atoms with Crippen LogP contribution in [0, 0.1) is 0 Å². The van der Waals surface area contributed by atoms with Crippen LogP contribution in [-0.2, 0) is 4.79 Å². The van der Waals surface area contributed by atoms with Gasteiger partial charge in [-0.15, -0.1) is 11.8 Å². The third-order valence-electron chi connectivity index (χ3n) is 1.08. The minimum Gasteiger partial charge on any atom is -0.368 e. The number of primary amides is 1. The van der Waals surface area contributed by atoms with Gasteiger partial charge in [0.2, 0.25) is 5.91 Å². The molecule has 0 aromatic heterocycles. The van der Waals surface area contributed by atoms with E-state index in [1.54, 1.807) is 0 Å². The third kappa shape index (κ3) is 1.74. The molecule has 0 radical (unpaired) electrons. The SMILES string of the molecule is NC(=O)C1CSC(Cl)N1. The first kappa shape index (κ1) is 7.18. The summed E-state index contributed by atoms with van der Waals surface area (Å²) in [5, 5.41) is 2.81. The molecule has 1 amide bonds. The van der Waals surface area contributed by atoms with Crippen molar-refractivity contribution in [2.24, 2.45) is 5.73 Å². The Balaban J connectivity index is 2.39. The molecular formula is C4H7ClN2OS. The first-order valence-corrected chi connectivity index (χ1v) is 3.99. The zero-order chi connectivity index (χ0) is 6.85. The number of carbonyl (C=O) groups excluding carboxylic acids is 1. The Morgan fingerprint density at radius 1 is 1.89 bits per heavy atom. The monoisotopic (exact) mass is 166 g/mol. The average molecular weight is 167 g/mol. The Labute approximate surface area is 62.3 Å². The predicted octanol–water partition coefficient (Wildman–Crippen LogP) is -0.301. The van der Waals surface area contributed by atoms with E-state index in [1.807, 2.05) is 0 Å². The topological polar surface area (TPSA) is 55.1 Å². The number of nitrogens with two attached hydrogens (primary N) is 1. The molecule has 3 N–H and O–H groups in total. The second-order valence-corrected chi connectivity index (χ2v) is 3.60. The fourth-order valence-corrected chi connectivity index (χ4v) is 1.85. The van der Waals surface area contributed by atoms with Gasteiger partial charge in [-0.1, -0.05) is 11.6 Å². The van der Waals surface area contributed by atoms with Crippen LogP contribution in [0.4, 0.5) is 0 Å². The summed E-state index contributed by atoms with van der Waals surface area (Å²) in [6, 6.07) is -0.238. The van der Waals surface area contributed by atoms with E-state index < -0.39 is 0 Å². The minimum atomic E-state index is -0.328. The van der Waals surface area contributed by atoms with Crippen LogP contribution in [0.5, 0.6) is 0 Å². The quantitative estimate of drug-likeness (QED) is 0.416.